The molecule has 38 heavy (non-hydrogen) atoms. The Morgan fingerprint density at radius 3 is 1.97 bits per heavy atom. The summed E-state index contributed by atoms with van der Waals surface area (Å²) in [4.78, 5) is 15.3. The van der Waals surface area contributed by atoms with E-state index in [1.165, 1.54) is 11.8 Å². The molecule has 0 atom stereocenters. The molecule has 0 spiro atoms. The predicted octanol–water partition coefficient (Wildman–Crippen LogP) is 6.35. The van der Waals surface area contributed by atoms with Gasteiger partial charge in [0.2, 0.25) is 5.91 Å². The largest absolute Gasteiger partial charge is 0.497 e. The maximum absolute atomic E-state index is 13.6. The highest BCUT2D eigenvalue weighted by molar-refractivity contribution is 7.99. The van der Waals surface area contributed by atoms with Gasteiger partial charge in [-0.25, -0.2) is 0 Å². The zero-order valence-corrected chi connectivity index (χ0v) is 21.7. The summed E-state index contributed by atoms with van der Waals surface area (Å²) >= 11 is 1.37. The minimum Gasteiger partial charge on any atom is -0.497 e. The lowest BCUT2D eigenvalue weighted by Crippen LogP contribution is -2.27. The van der Waals surface area contributed by atoms with Gasteiger partial charge in [-0.1, -0.05) is 66.4 Å². The van der Waals surface area contributed by atoms with E-state index < -0.39 is 0 Å². The molecule has 0 aliphatic rings. The fourth-order valence-corrected chi connectivity index (χ4v) is 4.84. The molecule has 0 aliphatic heterocycles. The number of amides is 1. The van der Waals surface area contributed by atoms with E-state index in [1.807, 2.05) is 120 Å². The Bertz CT molecular complexity index is 1420. The van der Waals surface area contributed by atoms with Gasteiger partial charge in [0.15, 0.2) is 11.0 Å². The molecule has 5 aromatic rings. The number of thioether (sulfide) groups is 1. The van der Waals surface area contributed by atoms with Crippen molar-refractivity contribution < 1.29 is 9.53 Å². The molecule has 1 N–H and O–H groups in total. The summed E-state index contributed by atoms with van der Waals surface area (Å²) < 4.78 is 7.23. The number of benzene rings is 4. The minimum absolute atomic E-state index is 0.0482. The van der Waals surface area contributed by atoms with E-state index in [-0.39, 0.29) is 11.7 Å². The molecule has 1 aromatic heterocycles. The van der Waals surface area contributed by atoms with Crippen molar-refractivity contribution in [2.45, 2.75) is 11.7 Å². The molecule has 0 bridgehead atoms. The van der Waals surface area contributed by atoms with Crippen LogP contribution in [0.4, 0.5) is 17.1 Å². The van der Waals surface area contributed by atoms with Crippen LogP contribution in [0.3, 0.4) is 0 Å². The van der Waals surface area contributed by atoms with Crippen molar-refractivity contribution in [2.24, 2.45) is 0 Å². The Morgan fingerprint density at radius 2 is 1.39 bits per heavy atom. The van der Waals surface area contributed by atoms with E-state index in [0.717, 1.165) is 34.3 Å². The summed E-state index contributed by atoms with van der Waals surface area (Å²) in [6, 6.07) is 37.0. The molecule has 0 fully saturated rings. The Kier molecular flexibility index (Phi) is 8.01. The second kappa shape index (κ2) is 12.1. The van der Waals surface area contributed by atoms with E-state index >= 15 is 0 Å². The lowest BCUT2D eigenvalue weighted by atomic mass is 10.2. The number of ether oxygens (including phenoxy) is 1. The summed E-state index contributed by atoms with van der Waals surface area (Å²) in [5, 5.41) is 13.0. The van der Waals surface area contributed by atoms with Gasteiger partial charge in [0.25, 0.3) is 0 Å². The fraction of sp³-hybridized carbons (Fsp3) is 0.100. The van der Waals surface area contributed by atoms with E-state index in [1.54, 1.807) is 12.0 Å². The third-order valence-corrected chi connectivity index (χ3v) is 6.77. The molecule has 8 heteroatoms. The van der Waals surface area contributed by atoms with E-state index in [0.29, 0.717) is 11.7 Å². The number of methoxy groups -OCH3 is 1. The molecule has 0 radical (unpaired) electrons. The first-order chi connectivity index (χ1) is 18.7. The molecule has 0 aliphatic carbocycles. The van der Waals surface area contributed by atoms with Gasteiger partial charge in [0.05, 0.1) is 19.4 Å². The molecular weight excluding hydrogens is 494 g/mol. The predicted molar refractivity (Wildman–Crippen MR) is 152 cm³/mol. The summed E-state index contributed by atoms with van der Waals surface area (Å²) in [5.41, 5.74) is 3.51. The summed E-state index contributed by atoms with van der Waals surface area (Å²) in [5.74, 6) is 1.69. The lowest BCUT2D eigenvalue weighted by molar-refractivity contribution is -0.115. The third kappa shape index (κ3) is 5.87. The number of nitrogens with zero attached hydrogens (tertiary/aromatic N) is 4. The first-order valence-electron chi connectivity index (χ1n) is 12.2. The number of nitrogens with one attached hydrogen (secondary N) is 1. The van der Waals surface area contributed by atoms with Gasteiger partial charge in [-0.05, 0) is 60.7 Å². The van der Waals surface area contributed by atoms with Gasteiger partial charge in [-0.2, -0.15) is 0 Å². The molecule has 5 rings (SSSR count). The van der Waals surface area contributed by atoms with Crippen LogP contribution in [0.15, 0.2) is 120 Å². The van der Waals surface area contributed by atoms with Gasteiger partial charge in [0, 0.05) is 22.7 Å². The molecule has 1 amide bonds. The van der Waals surface area contributed by atoms with Gasteiger partial charge < -0.3 is 10.1 Å². The topological polar surface area (TPSA) is 72.3 Å². The van der Waals surface area contributed by atoms with Crippen LogP contribution in [0, 0.1) is 0 Å². The van der Waals surface area contributed by atoms with Crippen molar-refractivity contribution in [3.63, 3.8) is 0 Å². The molecule has 190 valence electrons. The number of hydrogen-bond acceptors (Lipinski definition) is 6. The Hall–Kier alpha value is -4.56. The highest BCUT2D eigenvalue weighted by Gasteiger charge is 2.21. The molecule has 1 heterocycles. The van der Waals surface area contributed by atoms with Crippen molar-refractivity contribution in [3.8, 4) is 11.4 Å². The number of carbonyl (C=O) groups is 1. The zero-order chi connectivity index (χ0) is 26.2. The van der Waals surface area contributed by atoms with Crippen LogP contribution in [0.5, 0.6) is 5.75 Å². The lowest BCUT2D eigenvalue weighted by Gasteiger charge is -2.23. The Morgan fingerprint density at radius 1 is 0.816 bits per heavy atom. The minimum atomic E-state index is -0.0482. The van der Waals surface area contributed by atoms with Gasteiger partial charge in [-0.3, -0.25) is 14.3 Å². The molecule has 4 aromatic carbocycles. The highest BCUT2D eigenvalue weighted by Crippen LogP contribution is 2.28. The van der Waals surface area contributed by atoms with Crippen LogP contribution in [0.25, 0.3) is 5.69 Å². The first kappa shape index (κ1) is 25.1. The van der Waals surface area contributed by atoms with Gasteiger partial charge in [0.1, 0.15) is 5.75 Å². The fourth-order valence-electron chi connectivity index (χ4n) is 4.02. The van der Waals surface area contributed by atoms with Crippen LogP contribution in [-0.4, -0.2) is 33.5 Å². The van der Waals surface area contributed by atoms with Crippen molar-refractivity contribution in [1.29, 1.82) is 0 Å². The van der Waals surface area contributed by atoms with Gasteiger partial charge in [-0.15, -0.1) is 10.2 Å². The highest BCUT2D eigenvalue weighted by atomic mass is 32.2. The molecular formula is C30H27N5O2S. The van der Waals surface area contributed by atoms with Crippen LogP contribution in [0.2, 0.25) is 0 Å². The van der Waals surface area contributed by atoms with E-state index in [9.17, 15) is 4.79 Å². The number of hydrogen-bond donors (Lipinski definition) is 1. The quantitative estimate of drug-likeness (QED) is 0.216. The normalized spacial score (nSPS) is 10.7. The standard InChI is InChI=1S/C30H27N5O2S/c1-37-27-19-17-23(18-20-27)31-21-28-32-33-30(35(28)26-15-9-4-10-16-26)38-22-29(36)34(24-11-5-2-6-12-24)25-13-7-3-8-14-25/h2-20,31H,21-22H2,1H3. The number of aromatic nitrogens is 3. The van der Waals surface area contributed by atoms with E-state index in [4.69, 9.17) is 4.74 Å². The second-order valence-corrected chi connectivity index (χ2v) is 9.28. The average Bonchev–Trinajstić information content (AvgIpc) is 3.39. The summed E-state index contributed by atoms with van der Waals surface area (Å²) in [7, 11) is 1.65. The van der Waals surface area contributed by atoms with Crippen LogP contribution < -0.4 is 15.0 Å². The van der Waals surface area contributed by atoms with Crippen LogP contribution in [-0.2, 0) is 11.3 Å². The van der Waals surface area contributed by atoms with Crippen molar-refractivity contribution in [1.82, 2.24) is 14.8 Å². The third-order valence-electron chi connectivity index (χ3n) is 5.86. The maximum atomic E-state index is 13.6. The van der Waals surface area contributed by atoms with Crippen molar-refractivity contribution in [2.75, 3.05) is 23.1 Å². The monoisotopic (exact) mass is 521 g/mol. The molecule has 0 saturated heterocycles. The number of rotatable bonds is 10. The SMILES string of the molecule is COc1ccc(NCc2nnc(SCC(=O)N(c3ccccc3)c3ccccc3)n2-c2ccccc2)cc1. The molecule has 0 saturated carbocycles. The number of anilines is 3. The zero-order valence-electron chi connectivity index (χ0n) is 20.9. The maximum Gasteiger partial charge on any atom is 0.242 e. The van der Waals surface area contributed by atoms with E-state index in [2.05, 4.69) is 15.5 Å². The average molecular weight is 522 g/mol. The van der Waals surface area contributed by atoms with Crippen molar-refractivity contribution in [3.05, 3.63) is 121 Å². The number of carbonyl (C=O) groups excluding carboxylic acids is 1. The van der Waals surface area contributed by atoms with Crippen LogP contribution in [0.1, 0.15) is 5.82 Å². The smallest absolute Gasteiger partial charge is 0.242 e. The van der Waals surface area contributed by atoms with Crippen LogP contribution >= 0.6 is 11.8 Å². The molecule has 0 unspecified atom stereocenters. The van der Waals surface area contributed by atoms with Crippen molar-refractivity contribution >= 4 is 34.7 Å². The summed E-state index contributed by atoms with van der Waals surface area (Å²) in [6.45, 7) is 0.461. The Labute approximate surface area is 226 Å². The van der Waals surface area contributed by atoms with Gasteiger partial charge >= 0.3 is 0 Å². The number of para-hydroxylation sites is 3. The molecule has 7 nitrogen and oxygen atoms in total. The second-order valence-electron chi connectivity index (χ2n) is 8.34. The Balaban J connectivity index is 1.37. The first-order valence-corrected chi connectivity index (χ1v) is 13.1. The summed E-state index contributed by atoms with van der Waals surface area (Å²) in [6.07, 6.45) is 0.